The van der Waals surface area contributed by atoms with Crippen molar-refractivity contribution in [2.75, 3.05) is 0 Å². The van der Waals surface area contributed by atoms with Gasteiger partial charge >= 0.3 is 12.5 Å². The third kappa shape index (κ3) is 6.37. The van der Waals surface area contributed by atoms with Crippen LogP contribution >= 0.6 is 23.2 Å². The molecule has 1 aliphatic heterocycles. The Bertz CT molecular complexity index is 1490. The molecule has 1 amide bonds. The highest BCUT2D eigenvalue weighted by atomic mass is 35.5. The van der Waals surface area contributed by atoms with E-state index in [0.29, 0.717) is 5.56 Å². The number of amides is 1. The van der Waals surface area contributed by atoms with E-state index in [2.05, 4.69) is 14.6 Å². The fraction of sp³-hybridized carbons (Fsp3) is 0.200. The molecule has 1 N–H and O–H groups in total. The number of alkyl halides is 6. The number of benzene rings is 3. The zero-order valence-electron chi connectivity index (χ0n) is 20.0. The first kappa shape index (κ1) is 29.7. The van der Waals surface area contributed by atoms with Crippen LogP contribution in [0.2, 0.25) is 10.0 Å². The summed E-state index contributed by atoms with van der Waals surface area (Å²) in [5.41, 5.74) is -2.60. The summed E-state index contributed by atoms with van der Waals surface area (Å²) in [5.74, 6) is -1.32. The van der Waals surface area contributed by atoms with E-state index in [0.717, 1.165) is 36.4 Å². The summed E-state index contributed by atoms with van der Waals surface area (Å²) in [5, 5.41) is 3.64. The van der Waals surface area contributed by atoms with Gasteiger partial charge in [0.15, 0.2) is 11.0 Å². The molecular weight excluding hydrogens is 609 g/mol. The summed E-state index contributed by atoms with van der Waals surface area (Å²) >= 11 is 11.8. The summed E-state index contributed by atoms with van der Waals surface area (Å²) in [6, 6.07) is 11.6. The SMILES string of the molecule is Cc1cc(C2=NOC(c3cc(Cl)cc(Cl)c3)(C(F)(F)F)C2)ccc1C(=O)NS(=O)c1ccc(OC(F)(F)F)cc1. The second kappa shape index (κ2) is 10.9. The minimum atomic E-state index is -4.90. The molecule has 2 atom stereocenters. The molecule has 6 nitrogen and oxygen atoms in total. The lowest BCUT2D eigenvalue weighted by Crippen LogP contribution is -2.42. The topological polar surface area (TPSA) is 77.0 Å². The van der Waals surface area contributed by atoms with Gasteiger partial charge in [0.05, 0.1) is 10.6 Å². The van der Waals surface area contributed by atoms with E-state index in [4.69, 9.17) is 28.0 Å². The molecule has 4 rings (SSSR count). The number of carbonyl (C=O) groups excluding carboxylic acids is 1. The van der Waals surface area contributed by atoms with E-state index in [9.17, 15) is 35.3 Å². The summed E-state index contributed by atoms with van der Waals surface area (Å²) in [6.45, 7) is 1.51. The lowest BCUT2D eigenvalue weighted by molar-refractivity contribution is -0.276. The Hall–Kier alpha value is -3.29. The maximum atomic E-state index is 14.2. The quantitative estimate of drug-likeness (QED) is 0.293. The number of nitrogens with one attached hydrogen (secondary N) is 1. The van der Waals surface area contributed by atoms with Gasteiger partial charge in [-0.15, -0.1) is 13.2 Å². The van der Waals surface area contributed by atoms with Crippen molar-refractivity contribution in [1.29, 1.82) is 0 Å². The van der Waals surface area contributed by atoms with Crippen molar-refractivity contribution in [3.63, 3.8) is 0 Å². The third-order valence-electron chi connectivity index (χ3n) is 5.78. The minimum Gasteiger partial charge on any atom is -0.406 e. The molecule has 1 aliphatic rings. The van der Waals surface area contributed by atoms with Crippen molar-refractivity contribution in [2.45, 2.75) is 36.4 Å². The van der Waals surface area contributed by atoms with Gasteiger partial charge in [-0.25, -0.2) is 4.21 Å². The third-order valence-corrected chi connectivity index (χ3v) is 7.28. The second-order valence-corrected chi connectivity index (χ2v) is 10.6. The zero-order chi connectivity index (χ0) is 29.5. The van der Waals surface area contributed by atoms with Gasteiger partial charge < -0.3 is 9.57 Å². The van der Waals surface area contributed by atoms with Gasteiger partial charge in [-0.1, -0.05) is 34.4 Å². The highest BCUT2D eigenvalue weighted by molar-refractivity contribution is 7.83. The lowest BCUT2D eigenvalue weighted by Gasteiger charge is -2.29. The van der Waals surface area contributed by atoms with Crippen molar-refractivity contribution in [2.24, 2.45) is 5.16 Å². The molecule has 1 heterocycles. The van der Waals surface area contributed by atoms with Crippen molar-refractivity contribution < 1.29 is 44.9 Å². The van der Waals surface area contributed by atoms with Gasteiger partial charge in [-0.2, -0.15) is 13.2 Å². The Morgan fingerprint density at radius 3 is 2.17 bits per heavy atom. The number of carbonyl (C=O) groups is 1. The molecule has 40 heavy (non-hydrogen) atoms. The Balaban J connectivity index is 1.50. The van der Waals surface area contributed by atoms with Crippen molar-refractivity contribution in [1.82, 2.24) is 4.72 Å². The van der Waals surface area contributed by atoms with Gasteiger partial charge in [0.25, 0.3) is 11.5 Å². The largest absolute Gasteiger partial charge is 0.573 e. The van der Waals surface area contributed by atoms with Gasteiger partial charge in [0.1, 0.15) is 5.75 Å². The molecule has 15 heteroatoms. The molecule has 0 fully saturated rings. The van der Waals surface area contributed by atoms with Crippen LogP contribution in [0, 0.1) is 6.92 Å². The fourth-order valence-electron chi connectivity index (χ4n) is 3.91. The molecule has 0 aliphatic carbocycles. The molecule has 0 aromatic heterocycles. The molecule has 0 spiro atoms. The summed E-state index contributed by atoms with van der Waals surface area (Å²) < 4.78 is 98.1. The first-order valence-corrected chi connectivity index (χ1v) is 13.0. The van der Waals surface area contributed by atoms with Crippen LogP contribution in [-0.2, 0) is 21.4 Å². The predicted octanol–water partition coefficient (Wildman–Crippen LogP) is 7.24. The first-order chi connectivity index (χ1) is 18.6. The minimum absolute atomic E-state index is 0.000725. The van der Waals surface area contributed by atoms with Crippen LogP contribution < -0.4 is 9.46 Å². The van der Waals surface area contributed by atoms with Gasteiger partial charge in [-0.05, 0) is 72.6 Å². The predicted molar refractivity (Wildman–Crippen MR) is 135 cm³/mol. The average molecular weight is 625 g/mol. The van der Waals surface area contributed by atoms with Crippen LogP contribution in [0.1, 0.15) is 33.5 Å². The molecular formula is C25H16Cl2F6N2O4S. The average Bonchev–Trinajstić information content (AvgIpc) is 3.30. The zero-order valence-corrected chi connectivity index (χ0v) is 22.3. The van der Waals surface area contributed by atoms with Crippen LogP contribution in [0.4, 0.5) is 26.3 Å². The Morgan fingerprint density at radius 2 is 1.62 bits per heavy atom. The Kier molecular flexibility index (Phi) is 8.12. The maximum absolute atomic E-state index is 14.2. The number of nitrogens with zero attached hydrogens (tertiary/aromatic N) is 1. The molecule has 2 unspecified atom stereocenters. The van der Waals surface area contributed by atoms with E-state index in [1.165, 1.54) is 31.2 Å². The Labute approximate surface area is 235 Å². The Morgan fingerprint density at radius 1 is 1.00 bits per heavy atom. The highest BCUT2D eigenvalue weighted by Crippen LogP contribution is 2.49. The second-order valence-electron chi connectivity index (χ2n) is 8.54. The molecule has 212 valence electrons. The molecule has 3 aromatic carbocycles. The standard InChI is InChI=1S/C25H16Cl2F6N2O4S/c1-13-8-14(21-12-23(39-34-21,24(28,29)30)15-9-16(26)11-17(27)10-15)2-7-20(13)22(36)35-40(37)19-5-3-18(4-6-19)38-25(31,32)33/h2-11H,12H2,1H3,(H,35,36). The molecule has 0 saturated carbocycles. The lowest BCUT2D eigenvalue weighted by atomic mass is 9.86. The van der Waals surface area contributed by atoms with E-state index < -0.39 is 47.2 Å². The smallest absolute Gasteiger partial charge is 0.406 e. The van der Waals surface area contributed by atoms with Crippen LogP contribution in [0.15, 0.2) is 70.7 Å². The molecule has 3 aromatic rings. The molecule has 0 radical (unpaired) electrons. The number of ether oxygens (including phenoxy) is 1. The number of rotatable bonds is 6. The number of aryl methyl sites for hydroxylation is 1. The monoisotopic (exact) mass is 624 g/mol. The number of halogens is 8. The van der Waals surface area contributed by atoms with Crippen molar-refractivity contribution in [3.05, 3.63) is 93.0 Å². The van der Waals surface area contributed by atoms with Crippen molar-refractivity contribution in [3.8, 4) is 5.75 Å². The molecule has 0 bridgehead atoms. The van der Waals surface area contributed by atoms with Gasteiger partial charge in [-0.3, -0.25) is 9.52 Å². The summed E-state index contributed by atoms with van der Waals surface area (Å²) in [6.07, 6.45) is -10.5. The van der Waals surface area contributed by atoms with E-state index >= 15 is 0 Å². The molecule has 0 saturated heterocycles. The fourth-order valence-corrected chi connectivity index (χ4v) is 5.21. The van der Waals surface area contributed by atoms with Crippen LogP contribution in [0.5, 0.6) is 5.75 Å². The van der Waals surface area contributed by atoms with Crippen LogP contribution in [-0.4, -0.2) is 28.4 Å². The normalized spacial score (nSPS) is 18.1. The summed E-state index contributed by atoms with van der Waals surface area (Å²) in [4.78, 5) is 17.7. The number of hydrogen-bond donors (Lipinski definition) is 1. The van der Waals surface area contributed by atoms with E-state index in [1.54, 1.807) is 0 Å². The number of oxime groups is 1. The highest BCUT2D eigenvalue weighted by Gasteiger charge is 2.62. The van der Waals surface area contributed by atoms with E-state index in [-0.39, 0.29) is 37.3 Å². The first-order valence-electron chi connectivity index (χ1n) is 11.1. The van der Waals surface area contributed by atoms with Crippen LogP contribution in [0.25, 0.3) is 0 Å². The number of hydrogen-bond acceptors (Lipinski definition) is 5. The van der Waals surface area contributed by atoms with Gasteiger partial charge in [0.2, 0.25) is 0 Å². The van der Waals surface area contributed by atoms with Gasteiger partial charge in [0, 0.05) is 27.6 Å². The van der Waals surface area contributed by atoms with Crippen LogP contribution in [0.3, 0.4) is 0 Å². The maximum Gasteiger partial charge on any atom is 0.573 e. The summed E-state index contributed by atoms with van der Waals surface area (Å²) in [7, 11) is -2.13. The van der Waals surface area contributed by atoms with Crippen molar-refractivity contribution >= 4 is 45.8 Å². The van der Waals surface area contributed by atoms with E-state index in [1.807, 2.05) is 0 Å².